The fraction of sp³-hybridized carbons (Fsp3) is 0.143. The molecule has 0 aliphatic heterocycles. The third-order valence-corrected chi connectivity index (χ3v) is 1.90. The molecule has 0 radical (unpaired) electrons. The Kier molecular flexibility index (Phi) is 3.08. The lowest BCUT2D eigenvalue weighted by Crippen LogP contribution is -2.27. The zero-order chi connectivity index (χ0) is 11.6. The zero-order valence-electron chi connectivity index (χ0n) is 7.19. The van der Waals surface area contributed by atoms with E-state index in [9.17, 15) is 18.0 Å². The van der Waals surface area contributed by atoms with E-state index in [0.717, 1.165) is 12.1 Å². The lowest BCUT2D eigenvalue weighted by atomic mass is 10.3. The number of primary amides is 1. The molecule has 0 saturated carbocycles. The van der Waals surface area contributed by atoms with E-state index in [-0.39, 0.29) is 5.82 Å². The van der Waals surface area contributed by atoms with E-state index >= 15 is 0 Å². The van der Waals surface area contributed by atoms with Gasteiger partial charge in [-0.05, 0) is 12.1 Å². The molecule has 0 aliphatic carbocycles. The predicted molar refractivity (Wildman–Crippen MR) is 50.3 cm³/mol. The summed E-state index contributed by atoms with van der Waals surface area (Å²) in [5.74, 6) is -0.0705. The van der Waals surface area contributed by atoms with E-state index in [1.165, 1.54) is 0 Å². The molecular formula is C7H6F3N3OS. The first kappa shape index (κ1) is 11.6. The highest BCUT2D eigenvalue weighted by molar-refractivity contribution is 7.82. The first-order chi connectivity index (χ1) is 6.82. The summed E-state index contributed by atoms with van der Waals surface area (Å²) in [5, 5.41) is 0. The summed E-state index contributed by atoms with van der Waals surface area (Å²) in [6, 6.07) is 0.861. The monoisotopic (exact) mass is 237 g/mol. The van der Waals surface area contributed by atoms with Crippen LogP contribution >= 0.6 is 12.8 Å². The minimum absolute atomic E-state index is 0.0705. The van der Waals surface area contributed by atoms with Crippen molar-refractivity contribution in [1.29, 1.82) is 0 Å². The van der Waals surface area contributed by atoms with Crippen molar-refractivity contribution >= 4 is 24.7 Å². The van der Waals surface area contributed by atoms with Gasteiger partial charge in [-0.15, -0.1) is 0 Å². The fourth-order valence-corrected chi connectivity index (χ4v) is 0.910. The van der Waals surface area contributed by atoms with Crippen molar-refractivity contribution in [2.45, 2.75) is 6.18 Å². The molecule has 1 aromatic rings. The van der Waals surface area contributed by atoms with Gasteiger partial charge in [0.15, 0.2) is 0 Å². The minimum atomic E-state index is -4.46. The summed E-state index contributed by atoms with van der Waals surface area (Å²) in [6.07, 6.45) is -3.86. The topological polar surface area (TPSA) is 59.2 Å². The Morgan fingerprint density at radius 2 is 2.07 bits per heavy atom. The molecule has 4 nitrogen and oxygen atoms in total. The standard InChI is InChI=1S/C7H6F3N3OS/c8-7(9,10)4-1-2-5(12-3-4)13(15)6(11)14/h1-3,15H,(H2,11,14). The minimum Gasteiger partial charge on any atom is -0.350 e. The maximum atomic E-state index is 12.1. The Balaban J connectivity index is 2.95. The van der Waals surface area contributed by atoms with E-state index in [1.807, 2.05) is 0 Å². The Morgan fingerprint density at radius 3 is 2.40 bits per heavy atom. The normalized spacial score (nSPS) is 11.2. The number of rotatable bonds is 1. The van der Waals surface area contributed by atoms with Gasteiger partial charge >= 0.3 is 12.2 Å². The number of thiol groups is 1. The van der Waals surface area contributed by atoms with E-state index < -0.39 is 17.8 Å². The van der Waals surface area contributed by atoms with Crippen LogP contribution in [0, 0.1) is 0 Å². The molecule has 1 heterocycles. The van der Waals surface area contributed by atoms with Crippen molar-refractivity contribution in [3.63, 3.8) is 0 Å². The van der Waals surface area contributed by atoms with Crippen LogP contribution in [0.4, 0.5) is 23.8 Å². The maximum Gasteiger partial charge on any atom is 0.417 e. The highest BCUT2D eigenvalue weighted by atomic mass is 32.1. The number of aromatic nitrogens is 1. The van der Waals surface area contributed by atoms with Gasteiger partial charge in [0, 0.05) is 6.20 Å². The maximum absolute atomic E-state index is 12.1. The molecule has 0 unspecified atom stereocenters. The lowest BCUT2D eigenvalue weighted by Gasteiger charge is -2.12. The van der Waals surface area contributed by atoms with E-state index in [2.05, 4.69) is 17.8 Å². The van der Waals surface area contributed by atoms with Crippen LogP contribution in [0.2, 0.25) is 0 Å². The molecule has 1 rings (SSSR count). The van der Waals surface area contributed by atoms with Crippen molar-refractivity contribution in [2.24, 2.45) is 5.73 Å². The van der Waals surface area contributed by atoms with Crippen LogP contribution in [0.5, 0.6) is 0 Å². The summed E-state index contributed by atoms with van der Waals surface area (Å²) in [6.45, 7) is 0. The number of urea groups is 1. The summed E-state index contributed by atoms with van der Waals surface area (Å²) >= 11 is 3.64. The second-order valence-corrected chi connectivity index (χ2v) is 2.95. The molecule has 0 aromatic carbocycles. The van der Waals surface area contributed by atoms with Crippen LogP contribution in [0.1, 0.15) is 5.56 Å². The quantitative estimate of drug-likeness (QED) is 0.732. The smallest absolute Gasteiger partial charge is 0.350 e. The summed E-state index contributed by atoms with van der Waals surface area (Å²) in [7, 11) is 0. The molecule has 0 fully saturated rings. The van der Waals surface area contributed by atoms with Crippen LogP contribution in [-0.2, 0) is 6.18 Å². The Labute approximate surface area is 88.4 Å². The van der Waals surface area contributed by atoms with Gasteiger partial charge in [0.2, 0.25) is 0 Å². The van der Waals surface area contributed by atoms with Crippen molar-refractivity contribution in [3.8, 4) is 0 Å². The number of carbonyl (C=O) groups is 1. The van der Waals surface area contributed by atoms with Gasteiger partial charge in [0.05, 0.1) is 5.56 Å². The second-order valence-electron chi connectivity index (χ2n) is 2.55. The van der Waals surface area contributed by atoms with Crippen molar-refractivity contribution < 1.29 is 18.0 Å². The number of anilines is 1. The van der Waals surface area contributed by atoms with Gasteiger partial charge < -0.3 is 5.73 Å². The van der Waals surface area contributed by atoms with Crippen molar-refractivity contribution in [2.75, 3.05) is 4.31 Å². The van der Waals surface area contributed by atoms with Crippen molar-refractivity contribution in [3.05, 3.63) is 23.9 Å². The van der Waals surface area contributed by atoms with Gasteiger partial charge in [0.1, 0.15) is 5.82 Å². The molecule has 82 valence electrons. The summed E-state index contributed by atoms with van der Waals surface area (Å²) in [4.78, 5) is 14.0. The van der Waals surface area contributed by atoms with Gasteiger partial charge in [-0.3, -0.25) is 0 Å². The molecule has 0 bridgehead atoms. The number of alkyl halides is 3. The van der Waals surface area contributed by atoms with E-state index in [4.69, 9.17) is 5.73 Å². The Bertz CT molecular complexity index is 365. The number of nitrogens with zero attached hydrogens (tertiary/aromatic N) is 2. The molecule has 8 heteroatoms. The highest BCUT2D eigenvalue weighted by Crippen LogP contribution is 2.29. The number of amides is 2. The molecule has 2 N–H and O–H groups in total. The summed E-state index contributed by atoms with van der Waals surface area (Å²) in [5.41, 5.74) is 3.94. The average Bonchev–Trinajstić information content (AvgIpc) is 2.15. The van der Waals surface area contributed by atoms with Gasteiger partial charge in [-0.1, -0.05) is 12.8 Å². The average molecular weight is 237 g/mol. The lowest BCUT2D eigenvalue weighted by molar-refractivity contribution is -0.137. The zero-order valence-corrected chi connectivity index (χ0v) is 8.09. The molecule has 2 amide bonds. The van der Waals surface area contributed by atoms with Crippen LogP contribution in [0.3, 0.4) is 0 Å². The number of pyridine rings is 1. The Morgan fingerprint density at radius 1 is 1.47 bits per heavy atom. The van der Waals surface area contributed by atoms with Crippen LogP contribution < -0.4 is 10.0 Å². The molecule has 1 aromatic heterocycles. The third kappa shape index (κ3) is 2.75. The number of halogens is 3. The molecule has 0 saturated heterocycles. The largest absolute Gasteiger partial charge is 0.417 e. The fourth-order valence-electron chi connectivity index (χ4n) is 0.792. The predicted octanol–water partition coefficient (Wildman–Crippen LogP) is 1.83. The van der Waals surface area contributed by atoms with E-state index in [0.29, 0.717) is 10.5 Å². The molecular weight excluding hydrogens is 231 g/mol. The van der Waals surface area contributed by atoms with E-state index in [1.54, 1.807) is 0 Å². The number of hydrogen-bond acceptors (Lipinski definition) is 3. The van der Waals surface area contributed by atoms with Crippen molar-refractivity contribution in [1.82, 2.24) is 4.98 Å². The number of hydrogen-bond donors (Lipinski definition) is 2. The highest BCUT2D eigenvalue weighted by Gasteiger charge is 2.30. The number of nitrogens with two attached hydrogens (primary N) is 1. The van der Waals surface area contributed by atoms with Crippen LogP contribution in [0.25, 0.3) is 0 Å². The molecule has 0 atom stereocenters. The molecule has 15 heavy (non-hydrogen) atoms. The third-order valence-electron chi connectivity index (χ3n) is 1.50. The van der Waals surface area contributed by atoms with Gasteiger partial charge in [0.25, 0.3) is 0 Å². The van der Waals surface area contributed by atoms with Gasteiger partial charge in [-0.2, -0.15) is 13.2 Å². The SMILES string of the molecule is NC(=O)N(S)c1ccc(C(F)(F)F)cn1. The molecule has 0 aliphatic rings. The van der Waals surface area contributed by atoms with Gasteiger partial charge in [-0.25, -0.2) is 14.1 Å². The number of carbonyl (C=O) groups excluding carboxylic acids is 1. The first-order valence-corrected chi connectivity index (χ1v) is 4.04. The first-order valence-electron chi connectivity index (χ1n) is 3.64. The second kappa shape index (κ2) is 3.97. The van der Waals surface area contributed by atoms with Crippen LogP contribution in [-0.4, -0.2) is 11.0 Å². The summed E-state index contributed by atoms with van der Waals surface area (Å²) < 4.78 is 37.0. The Hall–Kier alpha value is -1.44. The van der Waals surface area contributed by atoms with Crippen LogP contribution in [0.15, 0.2) is 18.3 Å². The molecule has 0 spiro atoms.